The van der Waals surface area contributed by atoms with Gasteiger partial charge in [0.1, 0.15) is 52.6 Å². The molecule has 2 aliphatic heterocycles. The van der Waals surface area contributed by atoms with Crippen LogP contribution in [-0.2, 0) is 28.5 Å². The topological polar surface area (TPSA) is 241 Å². The van der Waals surface area contributed by atoms with Crippen molar-refractivity contribution in [3.05, 3.63) is 46.6 Å². The zero-order valence-electron chi connectivity index (χ0n) is 25.5. The summed E-state index contributed by atoms with van der Waals surface area (Å²) in [5.74, 6) is -3.36. The van der Waals surface area contributed by atoms with Crippen LogP contribution < -0.4 is 14.9 Å². The van der Waals surface area contributed by atoms with Crippen molar-refractivity contribution in [2.24, 2.45) is 0 Å². The van der Waals surface area contributed by atoms with Gasteiger partial charge in [-0.2, -0.15) is 0 Å². The average Bonchev–Trinajstić information content (AvgIpc) is 3.00. The Morgan fingerprint density at radius 1 is 0.745 bits per heavy atom. The standard InChI is InChI=1S/C31H34O16/c1-11-21(36)24(39)25(40)30(41-11)45-17-9-18(35)20-19(10-17)46-26(15-5-7-16(34)8-6-15)28(23(20)38)47-31-29(44-14(4)33)27(43-13(3)32)22(37)12(2)42-31/h5-12,21-22,24-25,27,29-31,34-37,39-40H,1-4H3/t11-,12-,21-,22-,24+,25+,27+,29+,30-,31-/m0/s1. The Labute approximate surface area is 266 Å². The lowest BCUT2D eigenvalue weighted by molar-refractivity contribution is -0.277. The van der Waals surface area contributed by atoms with Crippen molar-refractivity contribution in [3.63, 3.8) is 0 Å². The number of hydrogen-bond donors (Lipinski definition) is 6. The molecular formula is C31H34O16. The number of carbonyl (C=O) groups is 2. The summed E-state index contributed by atoms with van der Waals surface area (Å²) < 4.78 is 39.5. The highest BCUT2D eigenvalue weighted by Crippen LogP contribution is 2.39. The van der Waals surface area contributed by atoms with Gasteiger partial charge in [0.2, 0.25) is 29.9 Å². The number of ether oxygens (including phenoxy) is 6. The van der Waals surface area contributed by atoms with E-state index in [4.69, 9.17) is 32.8 Å². The van der Waals surface area contributed by atoms with Crippen molar-refractivity contribution < 1.29 is 73.1 Å². The Hall–Kier alpha value is -4.45. The molecule has 0 aliphatic carbocycles. The van der Waals surface area contributed by atoms with Gasteiger partial charge in [-0.05, 0) is 38.1 Å². The van der Waals surface area contributed by atoms with Crippen molar-refractivity contribution in [2.75, 3.05) is 0 Å². The fourth-order valence-corrected chi connectivity index (χ4v) is 5.32. The molecule has 2 fully saturated rings. The van der Waals surface area contributed by atoms with E-state index < -0.39 is 95.7 Å². The second kappa shape index (κ2) is 13.3. The largest absolute Gasteiger partial charge is 0.508 e. The number of phenolic OH excluding ortho intramolecular Hbond substituents is 2. The number of rotatable bonds is 7. The third kappa shape index (κ3) is 6.83. The summed E-state index contributed by atoms with van der Waals surface area (Å²) in [5, 5.41) is 61.7. The molecule has 2 aliphatic rings. The van der Waals surface area contributed by atoms with E-state index in [1.807, 2.05) is 0 Å². The molecular weight excluding hydrogens is 628 g/mol. The monoisotopic (exact) mass is 662 g/mol. The van der Waals surface area contributed by atoms with Crippen LogP contribution in [0.4, 0.5) is 0 Å². The fourth-order valence-electron chi connectivity index (χ4n) is 5.32. The normalized spacial score (nSPS) is 30.8. The van der Waals surface area contributed by atoms with Crippen molar-refractivity contribution in [1.29, 1.82) is 0 Å². The van der Waals surface area contributed by atoms with E-state index in [0.29, 0.717) is 0 Å². The number of phenols is 2. The van der Waals surface area contributed by atoms with Crippen LogP contribution in [0.25, 0.3) is 22.3 Å². The molecule has 0 unspecified atom stereocenters. The van der Waals surface area contributed by atoms with Gasteiger partial charge < -0.3 is 63.5 Å². The molecule has 16 heteroatoms. The number of aliphatic hydroxyl groups is 4. The van der Waals surface area contributed by atoms with Crippen LogP contribution in [0.1, 0.15) is 27.7 Å². The number of hydrogen-bond acceptors (Lipinski definition) is 16. The number of fused-ring (bicyclic) bond motifs is 1. The lowest BCUT2D eigenvalue weighted by Crippen LogP contribution is -2.61. The molecule has 6 N–H and O–H groups in total. The summed E-state index contributed by atoms with van der Waals surface area (Å²) in [4.78, 5) is 37.9. The number of aliphatic hydroxyl groups excluding tert-OH is 4. The van der Waals surface area contributed by atoms with Gasteiger partial charge in [0.05, 0.1) is 12.2 Å². The Morgan fingerprint density at radius 2 is 1.34 bits per heavy atom. The molecule has 0 spiro atoms. The maximum absolute atomic E-state index is 14.0. The number of esters is 2. The van der Waals surface area contributed by atoms with Crippen LogP contribution >= 0.6 is 0 Å². The molecule has 16 nitrogen and oxygen atoms in total. The van der Waals surface area contributed by atoms with Gasteiger partial charge in [-0.25, -0.2) is 0 Å². The molecule has 254 valence electrons. The Kier molecular flexibility index (Phi) is 9.63. The zero-order valence-corrected chi connectivity index (χ0v) is 25.5. The second-order valence-electron chi connectivity index (χ2n) is 11.2. The third-order valence-corrected chi connectivity index (χ3v) is 7.69. The number of aromatic hydroxyl groups is 2. The van der Waals surface area contributed by atoms with Crippen molar-refractivity contribution >= 4 is 22.9 Å². The van der Waals surface area contributed by atoms with Crippen LogP contribution in [0.2, 0.25) is 0 Å². The highest BCUT2D eigenvalue weighted by atomic mass is 16.7. The van der Waals surface area contributed by atoms with Crippen LogP contribution in [0.3, 0.4) is 0 Å². The van der Waals surface area contributed by atoms with Crippen LogP contribution in [0.15, 0.2) is 45.6 Å². The van der Waals surface area contributed by atoms with Gasteiger partial charge in [0, 0.05) is 31.5 Å². The van der Waals surface area contributed by atoms with E-state index in [-0.39, 0.29) is 28.4 Å². The summed E-state index contributed by atoms with van der Waals surface area (Å²) in [6.45, 7) is 5.04. The minimum absolute atomic E-state index is 0.113. The molecule has 47 heavy (non-hydrogen) atoms. The average molecular weight is 663 g/mol. The molecule has 0 amide bonds. The lowest BCUT2D eigenvalue weighted by Gasteiger charge is -2.41. The first-order valence-electron chi connectivity index (χ1n) is 14.5. The molecule has 3 aromatic rings. The molecule has 2 saturated heterocycles. The summed E-state index contributed by atoms with van der Waals surface area (Å²) >= 11 is 0. The zero-order chi connectivity index (χ0) is 34.3. The highest BCUT2D eigenvalue weighted by molar-refractivity contribution is 5.88. The minimum Gasteiger partial charge on any atom is -0.508 e. The lowest BCUT2D eigenvalue weighted by atomic mass is 9.99. The number of benzene rings is 2. The first-order valence-corrected chi connectivity index (χ1v) is 14.5. The molecule has 10 atom stereocenters. The molecule has 1 aromatic heterocycles. The van der Waals surface area contributed by atoms with Crippen LogP contribution in [0, 0.1) is 0 Å². The highest BCUT2D eigenvalue weighted by Gasteiger charge is 2.50. The van der Waals surface area contributed by atoms with Gasteiger partial charge in [-0.15, -0.1) is 0 Å². The maximum atomic E-state index is 14.0. The Morgan fingerprint density at radius 3 is 1.98 bits per heavy atom. The van der Waals surface area contributed by atoms with Gasteiger partial charge in [-0.1, -0.05) is 0 Å². The van der Waals surface area contributed by atoms with Crippen molar-refractivity contribution in [2.45, 2.75) is 89.1 Å². The van der Waals surface area contributed by atoms with E-state index in [9.17, 15) is 45.0 Å². The van der Waals surface area contributed by atoms with Crippen LogP contribution in [0.5, 0.6) is 23.0 Å². The smallest absolute Gasteiger partial charge is 0.303 e. The third-order valence-electron chi connectivity index (χ3n) is 7.69. The predicted molar refractivity (Wildman–Crippen MR) is 156 cm³/mol. The Balaban J connectivity index is 1.61. The van der Waals surface area contributed by atoms with Gasteiger partial charge >= 0.3 is 11.9 Å². The first-order chi connectivity index (χ1) is 22.2. The minimum atomic E-state index is -1.67. The SMILES string of the molecule is CC(=O)O[C@@H]1[C@@H](O)[C@H](C)O[C@@H](Oc2c(-c3ccc(O)cc3)oc3cc(O[C@@H]4O[C@@H](C)[C@H](O)[C@@H](O)[C@H]4O)cc(O)c3c2=O)[C@@H]1OC(C)=O. The van der Waals surface area contributed by atoms with E-state index in [1.165, 1.54) is 44.2 Å². The van der Waals surface area contributed by atoms with E-state index >= 15 is 0 Å². The molecule has 0 radical (unpaired) electrons. The summed E-state index contributed by atoms with van der Waals surface area (Å²) in [6.07, 6.45) is -14.2. The summed E-state index contributed by atoms with van der Waals surface area (Å²) in [5.41, 5.74) is -0.974. The number of carbonyl (C=O) groups excluding carboxylic acids is 2. The maximum Gasteiger partial charge on any atom is 0.303 e. The molecule has 3 heterocycles. The first kappa shape index (κ1) is 33.9. The van der Waals surface area contributed by atoms with Gasteiger partial charge in [-0.3, -0.25) is 14.4 Å². The predicted octanol–water partition coefficient (Wildman–Crippen LogP) is 0.425. The summed E-state index contributed by atoms with van der Waals surface area (Å²) in [7, 11) is 0. The fraction of sp³-hybridized carbons (Fsp3) is 0.452. The molecule has 5 rings (SSSR count). The second-order valence-corrected chi connectivity index (χ2v) is 11.2. The van der Waals surface area contributed by atoms with Gasteiger partial charge in [0.15, 0.2) is 11.9 Å². The molecule has 0 bridgehead atoms. The summed E-state index contributed by atoms with van der Waals surface area (Å²) in [6, 6.07) is 7.62. The van der Waals surface area contributed by atoms with Crippen molar-refractivity contribution in [3.8, 4) is 34.3 Å². The quantitative estimate of drug-likeness (QED) is 0.188. The van der Waals surface area contributed by atoms with E-state index in [1.54, 1.807) is 0 Å². The molecule has 0 saturated carbocycles. The van der Waals surface area contributed by atoms with Crippen LogP contribution in [-0.4, -0.2) is 104 Å². The molecule has 2 aromatic carbocycles. The van der Waals surface area contributed by atoms with E-state index in [0.717, 1.165) is 19.9 Å². The van der Waals surface area contributed by atoms with E-state index in [2.05, 4.69) is 0 Å². The van der Waals surface area contributed by atoms with Crippen molar-refractivity contribution in [1.82, 2.24) is 0 Å². The Bertz CT molecular complexity index is 1690. The van der Waals surface area contributed by atoms with Gasteiger partial charge in [0.25, 0.3) is 0 Å².